The molecule has 3 rings (SSSR count). The molecule has 1 spiro atoms. The zero-order chi connectivity index (χ0) is 13.6. The lowest BCUT2D eigenvalue weighted by Crippen LogP contribution is -2.33. The normalized spacial score (nSPS) is 24.4. The van der Waals surface area contributed by atoms with Crippen LogP contribution in [0.3, 0.4) is 0 Å². The average Bonchev–Trinajstić information content (AvgIpc) is 2.83. The van der Waals surface area contributed by atoms with Crippen molar-refractivity contribution in [2.45, 2.75) is 56.9 Å². The van der Waals surface area contributed by atoms with Crippen LogP contribution in [0.1, 0.15) is 71.6 Å². The number of fused-ring (bicyclic) bond motifs is 2. The monoisotopic (exact) mass is 259 g/mol. The van der Waals surface area contributed by atoms with Crippen LogP contribution in [-0.4, -0.2) is 11.1 Å². The highest BCUT2D eigenvalue weighted by Crippen LogP contribution is 2.51. The topological polar surface area (TPSA) is 63.3 Å². The lowest BCUT2D eigenvalue weighted by Gasteiger charge is -2.39. The minimum absolute atomic E-state index is 0.0732. The summed E-state index contributed by atoms with van der Waals surface area (Å²) >= 11 is 0. The number of nitrogens with two attached hydrogens (primary N) is 1. The maximum Gasteiger partial charge on any atom is 0.335 e. The SMILES string of the molecule is Cc1cc(C(=O)O)cc2c1C(N)CCC21CCCC1. The molecular formula is C16H21NO2. The molecule has 1 saturated carbocycles. The third-order valence-corrected chi connectivity index (χ3v) is 5.07. The maximum absolute atomic E-state index is 11.3. The Balaban J connectivity index is 2.21. The number of carboxylic acids is 1. The standard InChI is InChI=1S/C16H21NO2/c1-10-8-11(15(18)19)9-12-14(10)13(17)4-7-16(12)5-2-3-6-16/h8-9,13H,2-7,17H2,1H3,(H,18,19). The first kappa shape index (κ1) is 12.7. The van der Waals surface area contributed by atoms with Crippen molar-refractivity contribution in [3.63, 3.8) is 0 Å². The van der Waals surface area contributed by atoms with Crippen molar-refractivity contribution < 1.29 is 9.90 Å². The molecule has 1 fully saturated rings. The molecule has 0 heterocycles. The fraction of sp³-hybridized carbons (Fsp3) is 0.562. The van der Waals surface area contributed by atoms with Gasteiger partial charge in [0.2, 0.25) is 0 Å². The summed E-state index contributed by atoms with van der Waals surface area (Å²) in [5.74, 6) is -0.835. The van der Waals surface area contributed by atoms with E-state index in [1.807, 2.05) is 13.0 Å². The van der Waals surface area contributed by atoms with E-state index in [-0.39, 0.29) is 11.5 Å². The molecule has 0 aliphatic heterocycles. The molecule has 0 saturated heterocycles. The van der Waals surface area contributed by atoms with Crippen LogP contribution in [0.25, 0.3) is 0 Å². The highest BCUT2D eigenvalue weighted by molar-refractivity contribution is 5.88. The summed E-state index contributed by atoms with van der Waals surface area (Å²) in [4.78, 5) is 11.3. The molecule has 0 aromatic heterocycles. The third-order valence-electron chi connectivity index (χ3n) is 5.07. The van der Waals surface area contributed by atoms with Gasteiger partial charge < -0.3 is 10.8 Å². The number of aromatic carboxylic acids is 1. The molecule has 3 nitrogen and oxygen atoms in total. The fourth-order valence-corrected chi connectivity index (χ4v) is 4.13. The zero-order valence-corrected chi connectivity index (χ0v) is 11.4. The molecule has 19 heavy (non-hydrogen) atoms. The van der Waals surface area contributed by atoms with E-state index in [1.165, 1.54) is 36.8 Å². The molecule has 0 amide bonds. The lowest BCUT2D eigenvalue weighted by atomic mass is 9.66. The van der Waals surface area contributed by atoms with Crippen LogP contribution in [0.2, 0.25) is 0 Å². The Hall–Kier alpha value is -1.35. The number of hydrogen-bond donors (Lipinski definition) is 2. The number of benzene rings is 1. The van der Waals surface area contributed by atoms with Gasteiger partial charge in [-0.05, 0) is 66.8 Å². The second kappa shape index (κ2) is 4.34. The Bertz CT molecular complexity index is 530. The van der Waals surface area contributed by atoms with Gasteiger partial charge in [-0.2, -0.15) is 0 Å². The summed E-state index contributed by atoms with van der Waals surface area (Å²) in [5, 5.41) is 9.28. The first-order chi connectivity index (χ1) is 9.03. The van der Waals surface area contributed by atoms with Crippen molar-refractivity contribution >= 4 is 5.97 Å². The van der Waals surface area contributed by atoms with E-state index in [2.05, 4.69) is 0 Å². The number of carbonyl (C=O) groups is 1. The molecule has 1 unspecified atom stereocenters. The molecule has 102 valence electrons. The molecule has 3 heteroatoms. The van der Waals surface area contributed by atoms with Crippen LogP contribution >= 0.6 is 0 Å². The van der Waals surface area contributed by atoms with Crippen LogP contribution in [0.5, 0.6) is 0 Å². The van der Waals surface area contributed by atoms with Crippen molar-refractivity contribution in [3.05, 3.63) is 34.4 Å². The van der Waals surface area contributed by atoms with Crippen LogP contribution in [0, 0.1) is 6.92 Å². The molecule has 3 N–H and O–H groups in total. The van der Waals surface area contributed by atoms with Gasteiger partial charge >= 0.3 is 5.97 Å². The lowest BCUT2D eigenvalue weighted by molar-refractivity contribution is 0.0696. The van der Waals surface area contributed by atoms with Gasteiger partial charge in [-0.15, -0.1) is 0 Å². The quantitative estimate of drug-likeness (QED) is 0.813. The Morgan fingerprint density at radius 3 is 2.63 bits per heavy atom. The Morgan fingerprint density at radius 1 is 1.32 bits per heavy atom. The molecule has 0 radical (unpaired) electrons. The summed E-state index contributed by atoms with van der Waals surface area (Å²) in [6.07, 6.45) is 7.03. The van der Waals surface area contributed by atoms with Gasteiger partial charge in [0.25, 0.3) is 0 Å². The minimum Gasteiger partial charge on any atom is -0.478 e. The summed E-state index contributed by atoms with van der Waals surface area (Å²) in [7, 11) is 0. The van der Waals surface area contributed by atoms with Gasteiger partial charge in [-0.25, -0.2) is 4.79 Å². The van der Waals surface area contributed by atoms with Gasteiger partial charge in [-0.1, -0.05) is 12.8 Å². The first-order valence-corrected chi connectivity index (χ1v) is 7.17. The smallest absolute Gasteiger partial charge is 0.335 e. The second-order valence-electron chi connectivity index (χ2n) is 6.19. The number of hydrogen-bond acceptors (Lipinski definition) is 2. The first-order valence-electron chi connectivity index (χ1n) is 7.17. The van der Waals surface area contributed by atoms with Crippen molar-refractivity contribution in [3.8, 4) is 0 Å². The summed E-state index contributed by atoms with van der Waals surface area (Å²) in [6, 6.07) is 3.74. The Kier molecular flexibility index (Phi) is 2.90. The second-order valence-corrected chi connectivity index (χ2v) is 6.19. The van der Waals surface area contributed by atoms with Crippen LogP contribution in [-0.2, 0) is 5.41 Å². The predicted molar refractivity (Wildman–Crippen MR) is 74.4 cm³/mol. The van der Waals surface area contributed by atoms with Crippen LogP contribution in [0.15, 0.2) is 12.1 Å². The predicted octanol–water partition coefficient (Wildman–Crippen LogP) is 3.30. The Morgan fingerprint density at radius 2 is 2.00 bits per heavy atom. The van der Waals surface area contributed by atoms with E-state index in [0.717, 1.165) is 18.4 Å². The van der Waals surface area contributed by atoms with Gasteiger partial charge in [0.05, 0.1) is 5.56 Å². The van der Waals surface area contributed by atoms with Crippen molar-refractivity contribution in [1.82, 2.24) is 0 Å². The summed E-state index contributed by atoms with van der Waals surface area (Å²) in [6.45, 7) is 2.00. The van der Waals surface area contributed by atoms with E-state index >= 15 is 0 Å². The van der Waals surface area contributed by atoms with Crippen molar-refractivity contribution in [2.75, 3.05) is 0 Å². The third kappa shape index (κ3) is 1.88. The van der Waals surface area contributed by atoms with E-state index in [4.69, 9.17) is 5.73 Å². The Labute approximate surface area is 113 Å². The highest BCUT2D eigenvalue weighted by atomic mass is 16.4. The van der Waals surface area contributed by atoms with Crippen molar-refractivity contribution in [2.24, 2.45) is 5.73 Å². The highest BCUT2D eigenvalue weighted by Gasteiger charge is 2.41. The molecule has 1 atom stereocenters. The summed E-state index contributed by atoms with van der Waals surface area (Å²) < 4.78 is 0. The molecule has 2 aliphatic carbocycles. The molecule has 1 aromatic carbocycles. The van der Waals surface area contributed by atoms with Gasteiger partial charge in [0.15, 0.2) is 0 Å². The zero-order valence-electron chi connectivity index (χ0n) is 11.4. The van der Waals surface area contributed by atoms with E-state index in [1.54, 1.807) is 6.07 Å². The number of carboxylic acid groups (broad SMARTS) is 1. The average molecular weight is 259 g/mol. The largest absolute Gasteiger partial charge is 0.478 e. The molecular weight excluding hydrogens is 238 g/mol. The number of aryl methyl sites for hydroxylation is 1. The molecule has 2 aliphatic rings. The fourth-order valence-electron chi connectivity index (χ4n) is 4.13. The van der Waals surface area contributed by atoms with E-state index in [9.17, 15) is 9.90 Å². The van der Waals surface area contributed by atoms with E-state index < -0.39 is 5.97 Å². The number of rotatable bonds is 1. The van der Waals surface area contributed by atoms with Gasteiger partial charge in [0.1, 0.15) is 0 Å². The van der Waals surface area contributed by atoms with Gasteiger partial charge in [-0.3, -0.25) is 0 Å². The molecule has 0 bridgehead atoms. The summed E-state index contributed by atoms with van der Waals surface area (Å²) in [5.41, 5.74) is 10.4. The minimum atomic E-state index is -0.835. The van der Waals surface area contributed by atoms with Gasteiger partial charge in [0, 0.05) is 6.04 Å². The van der Waals surface area contributed by atoms with Crippen LogP contribution < -0.4 is 5.73 Å². The maximum atomic E-state index is 11.3. The van der Waals surface area contributed by atoms with E-state index in [0.29, 0.717) is 5.56 Å². The van der Waals surface area contributed by atoms with Crippen molar-refractivity contribution in [1.29, 1.82) is 0 Å². The molecule has 1 aromatic rings. The van der Waals surface area contributed by atoms with Crippen LogP contribution in [0.4, 0.5) is 0 Å².